The molecule has 0 aromatic heterocycles. The summed E-state index contributed by atoms with van der Waals surface area (Å²) in [7, 11) is 1.92. The van der Waals surface area contributed by atoms with Gasteiger partial charge in [-0.3, -0.25) is 9.69 Å². The van der Waals surface area contributed by atoms with Crippen LogP contribution in [0.1, 0.15) is 12.8 Å². The highest BCUT2D eigenvalue weighted by Crippen LogP contribution is 2.14. The maximum absolute atomic E-state index is 11.7. The molecule has 1 aliphatic rings. The van der Waals surface area contributed by atoms with Gasteiger partial charge in [-0.1, -0.05) is 0 Å². The SMILES string of the molecule is CN1CCC[C@H]1C(=O)NCCF. The number of amides is 1. The summed E-state index contributed by atoms with van der Waals surface area (Å²) in [6.07, 6.45) is 1.96. The van der Waals surface area contributed by atoms with Crippen molar-refractivity contribution in [1.82, 2.24) is 10.2 Å². The van der Waals surface area contributed by atoms with Crippen molar-refractivity contribution in [2.24, 2.45) is 0 Å². The Kier molecular flexibility index (Phi) is 3.47. The number of halogens is 1. The second kappa shape index (κ2) is 4.40. The molecule has 1 aliphatic heterocycles. The number of carbonyl (C=O) groups is 1. The number of hydrogen-bond acceptors (Lipinski definition) is 2. The van der Waals surface area contributed by atoms with Crippen LogP contribution in [-0.2, 0) is 4.79 Å². The van der Waals surface area contributed by atoms with Crippen molar-refractivity contribution >= 4 is 5.91 Å². The molecule has 12 heavy (non-hydrogen) atoms. The summed E-state index contributed by atoms with van der Waals surface area (Å²) in [6, 6.07) is -0.0310. The predicted molar refractivity (Wildman–Crippen MR) is 44.6 cm³/mol. The van der Waals surface area contributed by atoms with Crippen LogP contribution in [0, 0.1) is 0 Å². The fourth-order valence-electron chi connectivity index (χ4n) is 1.53. The van der Waals surface area contributed by atoms with Crippen molar-refractivity contribution < 1.29 is 9.18 Å². The molecular formula is C8H15FN2O. The average molecular weight is 174 g/mol. The molecule has 0 aliphatic carbocycles. The van der Waals surface area contributed by atoms with E-state index in [1.54, 1.807) is 0 Å². The standard InChI is InChI=1S/C8H15FN2O/c1-11-6-2-3-7(11)8(12)10-5-4-9/h7H,2-6H2,1H3,(H,10,12)/t7-/m0/s1. The second-order valence-corrected chi connectivity index (χ2v) is 3.12. The van der Waals surface area contributed by atoms with Crippen LogP contribution in [-0.4, -0.2) is 43.7 Å². The molecule has 1 amide bonds. The molecule has 0 saturated carbocycles. The monoisotopic (exact) mass is 174 g/mol. The summed E-state index contributed by atoms with van der Waals surface area (Å²) in [5, 5.41) is 2.55. The molecule has 1 rings (SSSR count). The summed E-state index contributed by atoms with van der Waals surface area (Å²) in [5.74, 6) is -0.0346. The lowest BCUT2D eigenvalue weighted by atomic mass is 10.2. The first kappa shape index (κ1) is 9.45. The molecule has 0 spiro atoms. The number of carbonyl (C=O) groups excluding carboxylic acids is 1. The van der Waals surface area contributed by atoms with Gasteiger partial charge in [0.15, 0.2) is 0 Å². The van der Waals surface area contributed by atoms with Crippen LogP contribution in [0.25, 0.3) is 0 Å². The highest BCUT2D eigenvalue weighted by Gasteiger charge is 2.26. The number of likely N-dealkylation sites (tertiary alicyclic amines) is 1. The van der Waals surface area contributed by atoms with Gasteiger partial charge in [0.05, 0.1) is 6.04 Å². The van der Waals surface area contributed by atoms with E-state index in [9.17, 15) is 9.18 Å². The largest absolute Gasteiger partial charge is 0.352 e. The maximum atomic E-state index is 11.7. The van der Waals surface area contributed by atoms with Crippen LogP contribution in [0.3, 0.4) is 0 Å². The first-order valence-corrected chi connectivity index (χ1v) is 4.29. The zero-order chi connectivity index (χ0) is 8.97. The third kappa shape index (κ3) is 2.17. The summed E-state index contributed by atoms with van der Waals surface area (Å²) in [5.41, 5.74) is 0. The molecule has 0 aromatic rings. The topological polar surface area (TPSA) is 32.3 Å². The van der Waals surface area contributed by atoms with E-state index in [0.29, 0.717) is 0 Å². The Morgan fingerprint density at radius 2 is 2.50 bits per heavy atom. The summed E-state index contributed by atoms with van der Waals surface area (Å²) in [6.45, 7) is 0.624. The lowest BCUT2D eigenvalue weighted by molar-refractivity contribution is -0.125. The van der Waals surface area contributed by atoms with Gasteiger partial charge in [-0.25, -0.2) is 4.39 Å². The van der Waals surface area contributed by atoms with Crippen LogP contribution in [0.15, 0.2) is 0 Å². The smallest absolute Gasteiger partial charge is 0.237 e. The van der Waals surface area contributed by atoms with Gasteiger partial charge in [0, 0.05) is 6.54 Å². The average Bonchev–Trinajstić information content (AvgIpc) is 2.47. The van der Waals surface area contributed by atoms with Crippen molar-refractivity contribution in [1.29, 1.82) is 0 Å². The second-order valence-electron chi connectivity index (χ2n) is 3.12. The van der Waals surface area contributed by atoms with Gasteiger partial charge < -0.3 is 5.32 Å². The predicted octanol–water partition coefficient (Wildman–Crippen LogP) is 0.166. The van der Waals surface area contributed by atoms with Gasteiger partial charge in [0.25, 0.3) is 0 Å². The van der Waals surface area contributed by atoms with Gasteiger partial charge in [0.2, 0.25) is 5.91 Å². The maximum Gasteiger partial charge on any atom is 0.237 e. The van der Waals surface area contributed by atoms with Crippen molar-refractivity contribution in [3.05, 3.63) is 0 Å². The van der Waals surface area contributed by atoms with E-state index in [4.69, 9.17) is 0 Å². The van der Waals surface area contributed by atoms with Crippen LogP contribution < -0.4 is 5.32 Å². The third-order valence-corrected chi connectivity index (χ3v) is 2.22. The number of nitrogens with one attached hydrogen (secondary N) is 1. The van der Waals surface area contributed by atoms with Crippen LogP contribution >= 0.6 is 0 Å². The molecule has 3 nitrogen and oxygen atoms in total. The van der Waals surface area contributed by atoms with E-state index in [1.807, 2.05) is 11.9 Å². The molecule has 1 N–H and O–H groups in total. The lowest BCUT2D eigenvalue weighted by Gasteiger charge is -2.17. The van der Waals surface area contributed by atoms with Gasteiger partial charge in [-0.2, -0.15) is 0 Å². The quantitative estimate of drug-likeness (QED) is 0.661. The van der Waals surface area contributed by atoms with Crippen LogP contribution in [0.4, 0.5) is 4.39 Å². The zero-order valence-corrected chi connectivity index (χ0v) is 7.35. The number of alkyl halides is 1. The van der Waals surface area contributed by atoms with Crippen LogP contribution in [0.5, 0.6) is 0 Å². The van der Waals surface area contributed by atoms with Crippen molar-refractivity contribution in [2.45, 2.75) is 18.9 Å². The molecule has 4 heteroatoms. The summed E-state index contributed by atoms with van der Waals surface area (Å²) < 4.78 is 11.7. The van der Waals surface area contributed by atoms with E-state index in [2.05, 4.69) is 5.32 Å². The molecule has 70 valence electrons. The van der Waals surface area contributed by atoms with Gasteiger partial charge in [0.1, 0.15) is 6.67 Å². The summed E-state index contributed by atoms with van der Waals surface area (Å²) >= 11 is 0. The van der Waals surface area contributed by atoms with Gasteiger partial charge in [-0.15, -0.1) is 0 Å². The first-order chi connectivity index (χ1) is 5.75. The molecular weight excluding hydrogens is 159 g/mol. The lowest BCUT2D eigenvalue weighted by Crippen LogP contribution is -2.42. The molecule has 1 atom stereocenters. The minimum absolute atomic E-state index is 0.0310. The van der Waals surface area contributed by atoms with E-state index >= 15 is 0 Å². The Balaban J connectivity index is 2.30. The van der Waals surface area contributed by atoms with Crippen molar-refractivity contribution in [2.75, 3.05) is 26.8 Å². The fraction of sp³-hybridized carbons (Fsp3) is 0.875. The van der Waals surface area contributed by atoms with E-state index in [0.717, 1.165) is 19.4 Å². The Morgan fingerprint density at radius 3 is 3.00 bits per heavy atom. The highest BCUT2D eigenvalue weighted by atomic mass is 19.1. The van der Waals surface area contributed by atoms with E-state index < -0.39 is 6.67 Å². The number of hydrogen-bond donors (Lipinski definition) is 1. The molecule has 0 unspecified atom stereocenters. The molecule has 0 bridgehead atoms. The molecule has 0 radical (unpaired) electrons. The Hall–Kier alpha value is -0.640. The fourth-order valence-corrected chi connectivity index (χ4v) is 1.53. The van der Waals surface area contributed by atoms with Gasteiger partial charge in [-0.05, 0) is 26.4 Å². The minimum atomic E-state index is -0.484. The van der Waals surface area contributed by atoms with Crippen molar-refractivity contribution in [3.8, 4) is 0 Å². The molecule has 0 aromatic carbocycles. The van der Waals surface area contributed by atoms with Crippen molar-refractivity contribution in [3.63, 3.8) is 0 Å². The number of likely N-dealkylation sites (N-methyl/N-ethyl adjacent to an activating group) is 1. The van der Waals surface area contributed by atoms with E-state index in [-0.39, 0.29) is 18.5 Å². The number of rotatable bonds is 3. The minimum Gasteiger partial charge on any atom is -0.352 e. The highest BCUT2D eigenvalue weighted by molar-refractivity contribution is 5.81. The van der Waals surface area contributed by atoms with Gasteiger partial charge >= 0.3 is 0 Å². The first-order valence-electron chi connectivity index (χ1n) is 4.29. The van der Waals surface area contributed by atoms with Crippen LogP contribution in [0.2, 0.25) is 0 Å². The molecule has 1 fully saturated rings. The summed E-state index contributed by atoms with van der Waals surface area (Å²) in [4.78, 5) is 13.3. The Bertz CT molecular complexity index is 163. The number of nitrogens with zero attached hydrogens (tertiary/aromatic N) is 1. The molecule has 1 heterocycles. The molecule has 1 saturated heterocycles. The van der Waals surface area contributed by atoms with E-state index in [1.165, 1.54) is 0 Å². The Labute approximate surface area is 71.9 Å². The Morgan fingerprint density at radius 1 is 1.75 bits per heavy atom. The zero-order valence-electron chi connectivity index (χ0n) is 7.35. The normalized spacial score (nSPS) is 24.3. The third-order valence-electron chi connectivity index (χ3n) is 2.22.